The van der Waals surface area contributed by atoms with E-state index in [0.717, 1.165) is 48.2 Å². The van der Waals surface area contributed by atoms with Crippen molar-refractivity contribution < 1.29 is 9.15 Å². The van der Waals surface area contributed by atoms with Gasteiger partial charge in [-0.2, -0.15) is 4.98 Å². The van der Waals surface area contributed by atoms with Gasteiger partial charge in [0, 0.05) is 30.4 Å². The van der Waals surface area contributed by atoms with Crippen molar-refractivity contribution in [2.45, 2.75) is 39.7 Å². The van der Waals surface area contributed by atoms with Crippen molar-refractivity contribution in [3.63, 3.8) is 0 Å². The van der Waals surface area contributed by atoms with Crippen molar-refractivity contribution in [3.05, 3.63) is 53.5 Å². The zero-order valence-corrected chi connectivity index (χ0v) is 15.8. The molecule has 27 heavy (non-hydrogen) atoms. The summed E-state index contributed by atoms with van der Waals surface area (Å²) in [7, 11) is 0. The minimum absolute atomic E-state index is 0.321. The van der Waals surface area contributed by atoms with E-state index in [-0.39, 0.29) is 0 Å². The quantitative estimate of drug-likeness (QED) is 0.654. The summed E-state index contributed by atoms with van der Waals surface area (Å²) in [5, 5.41) is 0. The largest absolute Gasteiger partial charge is 0.471 e. The molecule has 6 heteroatoms. The van der Waals surface area contributed by atoms with Gasteiger partial charge in [0.15, 0.2) is 0 Å². The van der Waals surface area contributed by atoms with Crippen LogP contribution in [-0.2, 0) is 13.0 Å². The molecule has 2 aromatic heterocycles. The second-order valence-electron chi connectivity index (χ2n) is 6.72. The molecule has 0 amide bonds. The summed E-state index contributed by atoms with van der Waals surface area (Å²) < 4.78 is 11.8. The zero-order valence-electron chi connectivity index (χ0n) is 15.8. The van der Waals surface area contributed by atoms with Crippen molar-refractivity contribution in [2.24, 2.45) is 0 Å². The van der Waals surface area contributed by atoms with Gasteiger partial charge in [-0.1, -0.05) is 25.1 Å². The maximum Gasteiger partial charge on any atom is 0.228 e. The first-order chi connectivity index (χ1) is 13.2. The third-order valence-electron chi connectivity index (χ3n) is 4.77. The average molecular weight is 364 g/mol. The second-order valence-corrected chi connectivity index (χ2v) is 6.72. The van der Waals surface area contributed by atoms with E-state index >= 15 is 0 Å². The smallest absolute Gasteiger partial charge is 0.228 e. The van der Waals surface area contributed by atoms with Crippen molar-refractivity contribution in [2.75, 3.05) is 18.0 Å². The fourth-order valence-electron chi connectivity index (χ4n) is 3.18. The maximum absolute atomic E-state index is 5.96. The predicted octanol–water partition coefficient (Wildman–Crippen LogP) is 4.18. The number of nitrogens with zero attached hydrogens (tertiary/aromatic N) is 4. The van der Waals surface area contributed by atoms with Crippen LogP contribution in [0.4, 0.5) is 5.95 Å². The Hall–Kier alpha value is -2.89. The molecule has 0 N–H and O–H groups in total. The van der Waals surface area contributed by atoms with Crippen LogP contribution in [0, 0.1) is 6.92 Å². The Kier molecular flexibility index (Phi) is 5.05. The molecule has 1 aliphatic rings. The van der Waals surface area contributed by atoms with Gasteiger partial charge in [-0.05, 0) is 38.3 Å². The molecule has 1 aromatic carbocycles. The van der Waals surface area contributed by atoms with Gasteiger partial charge in [0.1, 0.15) is 18.1 Å². The molecule has 0 aliphatic carbocycles. The number of anilines is 1. The SMILES string of the molecule is CCc1cc(OCc2nc(-c3ccccc3)oc2C)nc(N2CCCC2)n1. The molecule has 0 spiro atoms. The topological polar surface area (TPSA) is 64.3 Å². The fourth-order valence-corrected chi connectivity index (χ4v) is 3.18. The van der Waals surface area contributed by atoms with E-state index in [2.05, 4.69) is 26.8 Å². The molecular formula is C21H24N4O2. The van der Waals surface area contributed by atoms with Gasteiger partial charge in [-0.25, -0.2) is 9.97 Å². The normalized spacial score (nSPS) is 13.9. The van der Waals surface area contributed by atoms with Gasteiger partial charge in [0.25, 0.3) is 0 Å². The number of hydrogen-bond acceptors (Lipinski definition) is 6. The fraction of sp³-hybridized carbons (Fsp3) is 0.381. The van der Waals surface area contributed by atoms with Gasteiger partial charge in [-0.15, -0.1) is 0 Å². The lowest BCUT2D eigenvalue weighted by Gasteiger charge is -2.16. The summed E-state index contributed by atoms with van der Waals surface area (Å²) in [6, 6.07) is 11.8. The lowest BCUT2D eigenvalue weighted by Crippen LogP contribution is -2.21. The molecule has 0 unspecified atom stereocenters. The van der Waals surface area contributed by atoms with Crippen LogP contribution in [0.15, 0.2) is 40.8 Å². The Morgan fingerprint density at radius 2 is 1.85 bits per heavy atom. The molecule has 1 aliphatic heterocycles. The first-order valence-electron chi connectivity index (χ1n) is 9.50. The molecule has 1 fully saturated rings. The highest BCUT2D eigenvalue weighted by Crippen LogP contribution is 2.24. The van der Waals surface area contributed by atoms with E-state index < -0.39 is 0 Å². The highest BCUT2D eigenvalue weighted by atomic mass is 16.5. The Bertz CT molecular complexity index is 902. The van der Waals surface area contributed by atoms with Crippen LogP contribution < -0.4 is 9.64 Å². The molecule has 0 saturated carbocycles. The molecular weight excluding hydrogens is 340 g/mol. The molecule has 0 bridgehead atoms. The number of ether oxygens (including phenoxy) is 1. The molecule has 4 rings (SSSR count). The summed E-state index contributed by atoms with van der Waals surface area (Å²) in [6.45, 7) is 6.34. The van der Waals surface area contributed by atoms with Crippen LogP contribution in [0.5, 0.6) is 5.88 Å². The standard InChI is InChI=1S/C21H24N4O2/c1-3-17-13-19(24-21(22-17)25-11-7-8-12-25)26-14-18-15(2)27-20(23-18)16-9-5-4-6-10-16/h4-6,9-10,13H,3,7-8,11-12,14H2,1-2H3. The third-order valence-corrected chi connectivity index (χ3v) is 4.77. The van der Waals surface area contributed by atoms with Gasteiger partial charge in [0.2, 0.25) is 17.7 Å². The van der Waals surface area contributed by atoms with E-state index in [1.807, 2.05) is 43.3 Å². The predicted molar refractivity (Wildman–Crippen MR) is 104 cm³/mol. The van der Waals surface area contributed by atoms with E-state index in [1.165, 1.54) is 12.8 Å². The van der Waals surface area contributed by atoms with Crippen LogP contribution in [0.3, 0.4) is 0 Å². The first-order valence-corrected chi connectivity index (χ1v) is 9.50. The summed E-state index contributed by atoms with van der Waals surface area (Å²) in [5.41, 5.74) is 2.73. The molecule has 3 aromatic rings. The van der Waals surface area contributed by atoms with Crippen molar-refractivity contribution in [1.82, 2.24) is 15.0 Å². The van der Waals surface area contributed by atoms with Crippen LogP contribution >= 0.6 is 0 Å². The molecule has 1 saturated heterocycles. The maximum atomic E-state index is 5.96. The van der Waals surface area contributed by atoms with Gasteiger partial charge in [-0.3, -0.25) is 0 Å². The number of rotatable bonds is 6. The highest BCUT2D eigenvalue weighted by molar-refractivity contribution is 5.53. The van der Waals surface area contributed by atoms with E-state index in [4.69, 9.17) is 9.15 Å². The minimum Gasteiger partial charge on any atom is -0.471 e. The summed E-state index contributed by atoms with van der Waals surface area (Å²) >= 11 is 0. The summed E-state index contributed by atoms with van der Waals surface area (Å²) in [4.78, 5) is 16.1. The van der Waals surface area contributed by atoms with Gasteiger partial charge >= 0.3 is 0 Å². The Morgan fingerprint density at radius 1 is 1.07 bits per heavy atom. The zero-order chi connectivity index (χ0) is 18.6. The van der Waals surface area contributed by atoms with Crippen LogP contribution in [0.2, 0.25) is 0 Å². The van der Waals surface area contributed by atoms with E-state index in [0.29, 0.717) is 18.4 Å². The van der Waals surface area contributed by atoms with Crippen molar-refractivity contribution >= 4 is 5.95 Å². The highest BCUT2D eigenvalue weighted by Gasteiger charge is 2.17. The lowest BCUT2D eigenvalue weighted by molar-refractivity contribution is 0.286. The van der Waals surface area contributed by atoms with E-state index in [9.17, 15) is 0 Å². The first kappa shape index (κ1) is 17.5. The molecule has 6 nitrogen and oxygen atoms in total. The third kappa shape index (κ3) is 3.94. The molecule has 140 valence electrons. The summed E-state index contributed by atoms with van der Waals surface area (Å²) in [6.07, 6.45) is 3.23. The molecule has 0 atom stereocenters. The van der Waals surface area contributed by atoms with Crippen molar-refractivity contribution in [3.8, 4) is 17.3 Å². The Morgan fingerprint density at radius 3 is 2.59 bits per heavy atom. The van der Waals surface area contributed by atoms with Crippen molar-refractivity contribution in [1.29, 1.82) is 0 Å². The second kappa shape index (κ2) is 7.78. The number of aryl methyl sites for hydroxylation is 2. The minimum atomic E-state index is 0.321. The monoisotopic (exact) mass is 364 g/mol. The lowest BCUT2D eigenvalue weighted by atomic mass is 10.2. The van der Waals surface area contributed by atoms with Gasteiger partial charge in [0.05, 0.1) is 0 Å². The Labute approximate surface area is 159 Å². The van der Waals surface area contributed by atoms with Crippen LogP contribution in [-0.4, -0.2) is 28.0 Å². The number of benzene rings is 1. The van der Waals surface area contributed by atoms with E-state index in [1.54, 1.807) is 0 Å². The average Bonchev–Trinajstić information content (AvgIpc) is 3.37. The van der Waals surface area contributed by atoms with Crippen LogP contribution in [0.25, 0.3) is 11.5 Å². The number of aromatic nitrogens is 3. The Balaban J connectivity index is 1.51. The molecule has 0 radical (unpaired) electrons. The van der Waals surface area contributed by atoms with Gasteiger partial charge < -0.3 is 14.1 Å². The van der Waals surface area contributed by atoms with Crippen LogP contribution in [0.1, 0.15) is 36.9 Å². The number of hydrogen-bond donors (Lipinski definition) is 0. The molecule has 3 heterocycles. The summed E-state index contributed by atoms with van der Waals surface area (Å²) in [5.74, 6) is 2.73. The number of oxazole rings is 1.